The van der Waals surface area contributed by atoms with E-state index in [1.807, 2.05) is 37.1 Å². The van der Waals surface area contributed by atoms with Gasteiger partial charge in [0.25, 0.3) is 5.91 Å². The van der Waals surface area contributed by atoms with E-state index in [9.17, 15) is 4.79 Å². The first-order chi connectivity index (χ1) is 9.52. The molecule has 0 spiro atoms. The summed E-state index contributed by atoms with van der Waals surface area (Å²) in [5, 5.41) is 0. The molecule has 2 N–H and O–H groups in total. The van der Waals surface area contributed by atoms with Crippen molar-refractivity contribution in [3.63, 3.8) is 0 Å². The maximum Gasteiger partial charge on any atom is 0.254 e. The second-order valence-electron chi connectivity index (χ2n) is 5.71. The van der Waals surface area contributed by atoms with Crippen molar-refractivity contribution in [1.29, 1.82) is 0 Å². The first-order valence-corrected chi connectivity index (χ1v) is 7.08. The predicted octanol–water partition coefficient (Wildman–Crippen LogP) is 2.03. The monoisotopic (exact) mass is 270 g/mol. The molecule has 1 aromatic carbocycles. The first-order valence-electron chi connectivity index (χ1n) is 7.08. The molecular formula is C17H22N2O. The summed E-state index contributed by atoms with van der Waals surface area (Å²) in [6.45, 7) is 5.35. The van der Waals surface area contributed by atoms with Crippen LogP contribution in [0.15, 0.2) is 18.2 Å². The summed E-state index contributed by atoms with van der Waals surface area (Å²) in [4.78, 5) is 14.4. The summed E-state index contributed by atoms with van der Waals surface area (Å²) in [5.74, 6) is 7.28. The number of carbonyl (C=O) groups excluding carboxylic acids is 1. The number of carbonyl (C=O) groups is 1. The molecular weight excluding hydrogens is 248 g/mol. The lowest BCUT2D eigenvalue weighted by atomic mass is 10.0. The predicted molar refractivity (Wildman–Crippen MR) is 81.3 cm³/mol. The highest BCUT2D eigenvalue weighted by atomic mass is 16.2. The van der Waals surface area contributed by atoms with Crippen molar-refractivity contribution in [2.24, 2.45) is 17.6 Å². The molecule has 1 aliphatic rings. The van der Waals surface area contributed by atoms with Crippen LogP contribution in [0.5, 0.6) is 0 Å². The highest BCUT2D eigenvalue weighted by molar-refractivity contribution is 5.96. The van der Waals surface area contributed by atoms with E-state index in [-0.39, 0.29) is 5.91 Å². The van der Waals surface area contributed by atoms with Gasteiger partial charge in [0.15, 0.2) is 0 Å². The number of rotatable bonds is 3. The molecule has 0 saturated heterocycles. The van der Waals surface area contributed by atoms with E-state index >= 15 is 0 Å². The lowest BCUT2D eigenvalue weighted by Gasteiger charge is -2.18. The molecule has 0 bridgehead atoms. The Balaban J connectivity index is 2.20. The number of benzene rings is 1. The van der Waals surface area contributed by atoms with Crippen LogP contribution in [0, 0.1) is 30.6 Å². The van der Waals surface area contributed by atoms with Gasteiger partial charge in [0.2, 0.25) is 0 Å². The van der Waals surface area contributed by atoms with Crippen LogP contribution in [-0.2, 0) is 0 Å². The van der Waals surface area contributed by atoms with Gasteiger partial charge in [0, 0.05) is 19.2 Å². The Kier molecular flexibility index (Phi) is 4.46. The van der Waals surface area contributed by atoms with Gasteiger partial charge in [-0.05, 0) is 37.3 Å². The fraction of sp³-hybridized carbons (Fsp3) is 0.471. The van der Waals surface area contributed by atoms with Crippen LogP contribution in [0.1, 0.15) is 34.8 Å². The zero-order valence-electron chi connectivity index (χ0n) is 12.4. The molecule has 20 heavy (non-hydrogen) atoms. The van der Waals surface area contributed by atoms with Crippen molar-refractivity contribution in [3.05, 3.63) is 34.9 Å². The van der Waals surface area contributed by atoms with Gasteiger partial charge in [-0.15, -0.1) is 0 Å². The van der Waals surface area contributed by atoms with E-state index in [1.54, 1.807) is 0 Å². The summed E-state index contributed by atoms with van der Waals surface area (Å²) >= 11 is 0. The van der Waals surface area contributed by atoms with Crippen LogP contribution >= 0.6 is 0 Å². The van der Waals surface area contributed by atoms with Crippen molar-refractivity contribution < 1.29 is 4.79 Å². The van der Waals surface area contributed by atoms with Crippen LogP contribution in [0.4, 0.5) is 0 Å². The standard InChI is InChI=1S/C17H22N2O/c1-12-6-7-14(5-4-8-18)16(9-12)17(20)19(3)11-15-10-13(15)2/h6-7,9,13,15H,8,10-11,18H2,1-3H3. The van der Waals surface area contributed by atoms with Crippen LogP contribution in [0.3, 0.4) is 0 Å². The van der Waals surface area contributed by atoms with Gasteiger partial charge >= 0.3 is 0 Å². The summed E-state index contributed by atoms with van der Waals surface area (Å²) in [7, 11) is 1.87. The molecule has 0 aromatic heterocycles. The summed E-state index contributed by atoms with van der Waals surface area (Å²) in [6, 6.07) is 5.79. The van der Waals surface area contributed by atoms with Crippen molar-refractivity contribution in [2.75, 3.05) is 20.1 Å². The zero-order valence-corrected chi connectivity index (χ0v) is 12.4. The lowest BCUT2D eigenvalue weighted by molar-refractivity contribution is 0.0786. The Morgan fingerprint density at radius 2 is 2.20 bits per heavy atom. The van der Waals surface area contributed by atoms with Crippen molar-refractivity contribution in [3.8, 4) is 11.8 Å². The van der Waals surface area contributed by atoms with E-state index in [4.69, 9.17) is 5.73 Å². The van der Waals surface area contributed by atoms with Gasteiger partial charge in [-0.25, -0.2) is 0 Å². The summed E-state index contributed by atoms with van der Waals surface area (Å²) in [5.41, 5.74) is 7.93. The molecule has 1 saturated carbocycles. The molecule has 106 valence electrons. The van der Waals surface area contributed by atoms with Crippen molar-refractivity contribution in [1.82, 2.24) is 4.90 Å². The van der Waals surface area contributed by atoms with E-state index in [1.165, 1.54) is 6.42 Å². The molecule has 3 heteroatoms. The van der Waals surface area contributed by atoms with E-state index in [0.29, 0.717) is 18.0 Å². The fourth-order valence-corrected chi connectivity index (χ4v) is 2.38. The minimum Gasteiger partial charge on any atom is -0.341 e. The van der Waals surface area contributed by atoms with Crippen LogP contribution in [0.2, 0.25) is 0 Å². The van der Waals surface area contributed by atoms with E-state index in [0.717, 1.165) is 23.6 Å². The minimum absolute atomic E-state index is 0.0501. The number of nitrogens with two attached hydrogens (primary N) is 1. The second kappa shape index (κ2) is 6.11. The molecule has 0 heterocycles. The number of aryl methyl sites for hydroxylation is 1. The lowest BCUT2D eigenvalue weighted by Crippen LogP contribution is -2.29. The highest BCUT2D eigenvalue weighted by Crippen LogP contribution is 2.38. The van der Waals surface area contributed by atoms with E-state index < -0.39 is 0 Å². The number of hydrogen-bond donors (Lipinski definition) is 1. The molecule has 1 amide bonds. The SMILES string of the molecule is Cc1ccc(C#CCN)c(C(=O)N(C)CC2CC2C)c1. The van der Waals surface area contributed by atoms with Crippen LogP contribution < -0.4 is 5.73 Å². The summed E-state index contributed by atoms with van der Waals surface area (Å²) < 4.78 is 0. The third-order valence-corrected chi connectivity index (χ3v) is 3.86. The quantitative estimate of drug-likeness (QED) is 0.854. The molecule has 2 atom stereocenters. The minimum atomic E-state index is 0.0501. The van der Waals surface area contributed by atoms with Gasteiger partial charge in [-0.2, -0.15) is 0 Å². The van der Waals surface area contributed by atoms with Gasteiger partial charge in [0.1, 0.15) is 0 Å². The smallest absolute Gasteiger partial charge is 0.254 e. The van der Waals surface area contributed by atoms with Crippen LogP contribution in [0.25, 0.3) is 0 Å². The first kappa shape index (κ1) is 14.6. The molecule has 3 nitrogen and oxygen atoms in total. The maximum atomic E-state index is 12.6. The fourth-order valence-electron chi connectivity index (χ4n) is 2.38. The Hall–Kier alpha value is -1.79. The normalized spacial score (nSPS) is 20.0. The molecule has 1 fully saturated rings. The van der Waals surface area contributed by atoms with Gasteiger partial charge < -0.3 is 10.6 Å². The molecule has 1 aromatic rings. The largest absolute Gasteiger partial charge is 0.341 e. The maximum absolute atomic E-state index is 12.6. The Morgan fingerprint density at radius 1 is 1.50 bits per heavy atom. The van der Waals surface area contributed by atoms with Gasteiger partial charge in [0.05, 0.1) is 12.1 Å². The number of nitrogens with zero attached hydrogens (tertiary/aromatic N) is 1. The topological polar surface area (TPSA) is 46.3 Å². The van der Waals surface area contributed by atoms with Crippen molar-refractivity contribution >= 4 is 5.91 Å². The number of hydrogen-bond acceptors (Lipinski definition) is 2. The Bertz CT molecular complexity index is 568. The average Bonchev–Trinajstić information content (AvgIpc) is 3.11. The molecule has 1 aliphatic carbocycles. The molecule has 0 aliphatic heterocycles. The van der Waals surface area contributed by atoms with Crippen LogP contribution in [-0.4, -0.2) is 30.9 Å². The molecule has 0 radical (unpaired) electrons. The van der Waals surface area contributed by atoms with E-state index in [2.05, 4.69) is 18.8 Å². The zero-order chi connectivity index (χ0) is 14.7. The molecule has 2 rings (SSSR count). The average molecular weight is 270 g/mol. The number of amides is 1. The third-order valence-electron chi connectivity index (χ3n) is 3.86. The summed E-state index contributed by atoms with van der Waals surface area (Å²) in [6.07, 6.45) is 1.23. The Labute approximate surface area is 121 Å². The van der Waals surface area contributed by atoms with Gasteiger partial charge in [-0.1, -0.05) is 30.4 Å². The Morgan fingerprint density at radius 3 is 2.80 bits per heavy atom. The third kappa shape index (κ3) is 3.40. The van der Waals surface area contributed by atoms with Gasteiger partial charge in [-0.3, -0.25) is 4.79 Å². The highest BCUT2D eigenvalue weighted by Gasteiger charge is 2.34. The second-order valence-corrected chi connectivity index (χ2v) is 5.71. The van der Waals surface area contributed by atoms with Crippen molar-refractivity contribution in [2.45, 2.75) is 20.3 Å². The molecule has 2 unspecified atom stereocenters.